The Kier molecular flexibility index (Phi) is 7.33. The summed E-state index contributed by atoms with van der Waals surface area (Å²) in [6, 6.07) is 14.2. The second kappa shape index (κ2) is 9.95. The number of nitrogens with one attached hydrogen (secondary N) is 1. The fraction of sp³-hybridized carbons (Fsp3) is 0.409. The summed E-state index contributed by atoms with van der Waals surface area (Å²) in [5, 5.41) is 2.86. The largest absolute Gasteiger partial charge is 0.492 e. The minimum Gasteiger partial charge on any atom is -0.492 e. The monoisotopic (exact) mass is 431 g/mol. The van der Waals surface area contributed by atoms with Crippen molar-refractivity contribution in [1.29, 1.82) is 0 Å². The van der Waals surface area contributed by atoms with Crippen LogP contribution in [-0.4, -0.2) is 59.0 Å². The molecule has 8 heteroatoms. The van der Waals surface area contributed by atoms with Gasteiger partial charge in [-0.05, 0) is 49.6 Å². The number of para-hydroxylation sites is 1. The topological polar surface area (TPSA) is 79.0 Å². The SMILES string of the molecule is CN(C)S(=O)(=O)c1ccc(N2CCCCC2)c(C(=O)NCCOc2ccccc2)c1. The maximum absolute atomic E-state index is 13.0. The molecule has 162 valence electrons. The third kappa shape index (κ3) is 5.31. The van der Waals surface area contributed by atoms with Crippen molar-refractivity contribution in [3.8, 4) is 5.75 Å². The Morgan fingerprint density at radius 1 is 1.07 bits per heavy atom. The van der Waals surface area contributed by atoms with Crippen LogP contribution in [0.4, 0.5) is 5.69 Å². The van der Waals surface area contributed by atoms with Gasteiger partial charge in [-0.3, -0.25) is 4.79 Å². The van der Waals surface area contributed by atoms with Crippen LogP contribution in [0.1, 0.15) is 29.6 Å². The fourth-order valence-electron chi connectivity index (χ4n) is 3.42. The highest BCUT2D eigenvalue weighted by Gasteiger charge is 2.24. The highest BCUT2D eigenvalue weighted by molar-refractivity contribution is 7.89. The number of hydrogen-bond acceptors (Lipinski definition) is 5. The summed E-state index contributed by atoms with van der Waals surface area (Å²) in [6.45, 7) is 2.36. The number of nitrogens with zero attached hydrogens (tertiary/aromatic N) is 2. The number of anilines is 1. The first-order chi connectivity index (χ1) is 14.4. The molecule has 1 aliphatic heterocycles. The molecule has 1 heterocycles. The molecule has 2 aromatic rings. The Balaban J connectivity index is 1.77. The molecule has 0 atom stereocenters. The maximum Gasteiger partial charge on any atom is 0.253 e. The number of amides is 1. The van der Waals surface area contributed by atoms with Crippen LogP contribution in [0.15, 0.2) is 53.4 Å². The predicted octanol–water partition coefficient (Wildman–Crippen LogP) is 2.74. The number of rotatable bonds is 8. The van der Waals surface area contributed by atoms with E-state index in [2.05, 4.69) is 10.2 Å². The Morgan fingerprint density at radius 3 is 2.43 bits per heavy atom. The van der Waals surface area contributed by atoms with Gasteiger partial charge in [0.05, 0.1) is 17.0 Å². The van der Waals surface area contributed by atoms with Crippen molar-refractivity contribution in [2.45, 2.75) is 24.2 Å². The van der Waals surface area contributed by atoms with E-state index in [9.17, 15) is 13.2 Å². The third-order valence-corrected chi connectivity index (χ3v) is 6.90. The summed E-state index contributed by atoms with van der Waals surface area (Å²) in [5.41, 5.74) is 1.15. The van der Waals surface area contributed by atoms with Gasteiger partial charge in [-0.1, -0.05) is 18.2 Å². The minimum absolute atomic E-state index is 0.110. The number of carbonyl (C=O) groups is 1. The van der Waals surface area contributed by atoms with E-state index in [0.717, 1.165) is 41.7 Å². The lowest BCUT2D eigenvalue weighted by molar-refractivity contribution is 0.0947. The second-order valence-electron chi connectivity index (χ2n) is 7.43. The first-order valence-electron chi connectivity index (χ1n) is 10.2. The van der Waals surface area contributed by atoms with Crippen molar-refractivity contribution >= 4 is 21.6 Å². The second-order valence-corrected chi connectivity index (χ2v) is 9.58. The Labute approximate surface area is 178 Å². The van der Waals surface area contributed by atoms with Gasteiger partial charge < -0.3 is 15.0 Å². The number of sulfonamides is 1. The van der Waals surface area contributed by atoms with Crippen LogP contribution >= 0.6 is 0 Å². The molecule has 1 fully saturated rings. The standard InChI is InChI=1S/C22H29N3O4S/c1-24(2)30(27,28)19-11-12-21(25-14-7-4-8-15-25)20(17-19)22(26)23-13-16-29-18-9-5-3-6-10-18/h3,5-6,9-12,17H,4,7-8,13-16H2,1-2H3,(H,23,26). The van der Waals surface area contributed by atoms with Crippen molar-refractivity contribution in [3.63, 3.8) is 0 Å². The molecule has 3 rings (SSSR count). The molecule has 1 aliphatic rings. The van der Waals surface area contributed by atoms with E-state index in [1.54, 1.807) is 12.1 Å². The fourth-order valence-corrected chi connectivity index (χ4v) is 4.35. The van der Waals surface area contributed by atoms with Crippen LogP contribution < -0.4 is 15.0 Å². The normalized spacial score (nSPS) is 14.6. The number of hydrogen-bond donors (Lipinski definition) is 1. The smallest absolute Gasteiger partial charge is 0.253 e. The molecule has 0 spiro atoms. The average molecular weight is 432 g/mol. The van der Waals surface area contributed by atoms with Crippen LogP contribution in [0.25, 0.3) is 0 Å². The van der Waals surface area contributed by atoms with Gasteiger partial charge in [-0.2, -0.15) is 0 Å². The van der Waals surface area contributed by atoms with Gasteiger partial charge in [-0.25, -0.2) is 12.7 Å². The summed E-state index contributed by atoms with van der Waals surface area (Å²) in [7, 11) is -0.670. The van der Waals surface area contributed by atoms with Gasteiger partial charge in [0.1, 0.15) is 12.4 Å². The summed E-state index contributed by atoms with van der Waals surface area (Å²) in [4.78, 5) is 15.2. The van der Waals surface area contributed by atoms with Crippen LogP contribution in [-0.2, 0) is 10.0 Å². The predicted molar refractivity (Wildman–Crippen MR) is 118 cm³/mol. The lowest BCUT2D eigenvalue weighted by Crippen LogP contribution is -2.34. The zero-order chi connectivity index (χ0) is 21.6. The van der Waals surface area contributed by atoms with Crippen molar-refractivity contribution in [2.75, 3.05) is 45.2 Å². The first kappa shape index (κ1) is 22.1. The van der Waals surface area contributed by atoms with Crippen LogP contribution in [0, 0.1) is 0 Å². The molecule has 1 saturated heterocycles. The molecular formula is C22H29N3O4S. The van der Waals surface area contributed by atoms with Crippen molar-refractivity contribution in [3.05, 3.63) is 54.1 Å². The summed E-state index contributed by atoms with van der Waals surface area (Å²) >= 11 is 0. The van der Waals surface area contributed by atoms with Crippen LogP contribution in [0.5, 0.6) is 5.75 Å². The van der Waals surface area contributed by atoms with E-state index in [-0.39, 0.29) is 10.8 Å². The third-order valence-electron chi connectivity index (χ3n) is 5.09. The van der Waals surface area contributed by atoms with Crippen molar-refractivity contribution < 1.29 is 17.9 Å². The lowest BCUT2D eigenvalue weighted by Gasteiger charge is -2.30. The highest BCUT2D eigenvalue weighted by atomic mass is 32.2. The van der Waals surface area contributed by atoms with E-state index < -0.39 is 10.0 Å². The quantitative estimate of drug-likeness (QED) is 0.650. The lowest BCUT2D eigenvalue weighted by atomic mass is 10.1. The average Bonchev–Trinajstić information content (AvgIpc) is 2.77. The molecule has 0 bridgehead atoms. The number of ether oxygens (including phenoxy) is 1. The van der Waals surface area contributed by atoms with Gasteiger partial charge in [0.2, 0.25) is 10.0 Å². The summed E-state index contributed by atoms with van der Waals surface area (Å²) < 4.78 is 31.9. The Morgan fingerprint density at radius 2 is 1.77 bits per heavy atom. The number of piperidine rings is 1. The zero-order valence-corrected chi connectivity index (χ0v) is 18.3. The molecule has 7 nitrogen and oxygen atoms in total. The maximum atomic E-state index is 13.0. The van der Waals surface area contributed by atoms with Crippen LogP contribution in [0.2, 0.25) is 0 Å². The van der Waals surface area contributed by atoms with Crippen molar-refractivity contribution in [2.24, 2.45) is 0 Å². The molecule has 1 amide bonds. The molecule has 0 aromatic heterocycles. The van der Waals surface area contributed by atoms with Gasteiger partial charge in [0.25, 0.3) is 5.91 Å². The molecule has 2 aromatic carbocycles. The Bertz CT molecular complexity index is 956. The highest BCUT2D eigenvalue weighted by Crippen LogP contribution is 2.27. The van der Waals surface area contributed by atoms with E-state index in [1.165, 1.54) is 26.6 Å². The number of benzene rings is 2. The molecule has 0 unspecified atom stereocenters. The van der Waals surface area contributed by atoms with Crippen molar-refractivity contribution in [1.82, 2.24) is 9.62 Å². The first-order valence-corrected chi connectivity index (χ1v) is 11.6. The Hall–Kier alpha value is -2.58. The van der Waals surface area contributed by atoms with E-state index >= 15 is 0 Å². The van der Waals surface area contributed by atoms with E-state index in [4.69, 9.17) is 4.74 Å². The van der Waals surface area contributed by atoms with Gasteiger partial charge in [-0.15, -0.1) is 0 Å². The van der Waals surface area contributed by atoms with Gasteiger partial charge in [0.15, 0.2) is 0 Å². The van der Waals surface area contributed by atoms with Crippen LogP contribution in [0.3, 0.4) is 0 Å². The van der Waals surface area contributed by atoms with Gasteiger partial charge >= 0.3 is 0 Å². The summed E-state index contributed by atoms with van der Waals surface area (Å²) in [5.74, 6) is 0.433. The zero-order valence-electron chi connectivity index (χ0n) is 17.5. The molecular weight excluding hydrogens is 402 g/mol. The van der Waals surface area contributed by atoms with Gasteiger partial charge in [0, 0.05) is 32.9 Å². The van der Waals surface area contributed by atoms with E-state index in [1.807, 2.05) is 30.3 Å². The molecule has 0 saturated carbocycles. The minimum atomic E-state index is -3.63. The number of carbonyl (C=O) groups excluding carboxylic acids is 1. The van der Waals surface area contributed by atoms with E-state index in [0.29, 0.717) is 18.7 Å². The molecule has 30 heavy (non-hydrogen) atoms. The molecule has 0 aliphatic carbocycles. The molecule has 1 N–H and O–H groups in total. The summed E-state index contributed by atoms with van der Waals surface area (Å²) in [6.07, 6.45) is 3.29. The molecule has 0 radical (unpaired) electrons.